The Labute approximate surface area is 104 Å². The van der Waals surface area contributed by atoms with E-state index in [2.05, 4.69) is 15.3 Å². The van der Waals surface area contributed by atoms with E-state index in [1.807, 2.05) is 0 Å². The summed E-state index contributed by atoms with van der Waals surface area (Å²) in [6.45, 7) is 0.184. The molecule has 0 aliphatic carbocycles. The van der Waals surface area contributed by atoms with Crippen LogP contribution in [0, 0.1) is 0 Å². The highest BCUT2D eigenvalue weighted by Gasteiger charge is 2.16. The molecule has 0 aliphatic rings. The lowest BCUT2D eigenvalue weighted by Gasteiger charge is -2.12. The van der Waals surface area contributed by atoms with Gasteiger partial charge in [0.05, 0.1) is 12.4 Å². The largest absolute Gasteiger partial charge is 0.480 e. The van der Waals surface area contributed by atoms with Crippen LogP contribution in [0.2, 0.25) is 0 Å². The molecule has 1 aromatic rings. The van der Waals surface area contributed by atoms with Crippen LogP contribution in [0.15, 0.2) is 12.5 Å². The zero-order valence-corrected chi connectivity index (χ0v) is 9.80. The fourth-order valence-corrected chi connectivity index (χ4v) is 1.33. The van der Waals surface area contributed by atoms with E-state index < -0.39 is 18.1 Å². The third kappa shape index (κ3) is 4.52. The fraction of sp³-hybridized carbons (Fsp3) is 0.500. The third-order valence-corrected chi connectivity index (χ3v) is 2.40. The zero-order chi connectivity index (χ0) is 13.5. The Kier molecular flexibility index (Phi) is 5.28. The highest BCUT2D eigenvalue weighted by molar-refractivity contribution is 5.81. The molecule has 0 fully saturated rings. The van der Waals surface area contributed by atoms with Crippen molar-refractivity contribution in [1.29, 1.82) is 0 Å². The minimum absolute atomic E-state index is 0.165. The molecule has 0 aromatic carbocycles. The van der Waals surface area contributed by atoms with Gasteiger partial charge in [0.2, 0.25) is 5.91 Å². The van der Waals surface area contributed by atoms with Crippen LogP contribution < -0.4 is 16.8 Å². The van der Waals surface area contributed by atoms with Crippen molar-refractivity contribution in [3.05, 3.63) is 18.2 Å². The fourth-order valence-electron chi connectivity index (χ4n) is 1.33. The number of aromatic amines is 1. The summed E-state index contributed by atoms with van der Waals surface area (Å²) in [6.07, 6.45) is 3.61. The van der Waals surface area contributed by atoms with Gasteiger partial charge in [0.15, 0.2) is 0 Å². The summed E-state index contributed by atoms with van der Waals surface area (Å²) in [6, 6.07) is -1.68. The number of nitrogens with one attached hydrogen (secondary N) is 2. The van der Waals surface area contributed by atoms with Crippen molar-refractivity contribution in [3.63, 3.8) is 0 Å². The number of amides is 1. The summed E-state index contributed by atoms with van der Waals surface area (Å²) in [7, 11) is 0. The second-order valence-corrected chi connectivity index (χ2v) is 3.91. The number of nitrogens with zero attached hydrogens (tertiary/aromatic N) is 1. The molecule has 18 heavy (non-hydrogen) atoms. The van der Waals surface area contributed by atoms with Crippen LogP contribution in [0.1, 0.15) is 12.1 Å². The van der Waals surface area contributed by atoms with Gasteiger partial charge >= 0.3 is 5.97 Å². The number of nitrogens with two attached hydrogens (primary N) is 2. The Morgan fingerprint density at radius 2 is 2.17 bits per heavy atom. The average Bonchev–Trinajstić information content (AvgIpc) is 2.81. The predicted molar refractivity (Wildman–Crippen MR) is 63.5 cm³/mol. The number of hydrogen-bond acceptors (Lipinski definition) is 5. The molecule has 1 rings (SSSR count). The number of aliphatic carboxylic acids is 1. The van der Waals surface area contributed by atoms with E-state index in [1.54, 1.807) is 6.20 Å². The average molecular weight is 255 g/mol. The molecular weight excluding hydrogens is 238 g/mol. The summed E-state index contributed by atoms with van der Waals surface area (Å²) >= 11 is 0. The molecule has 8 heteroatoms. The van der Waals surface area contributed by atoms with Crippen molar-refractivity contribution in [3.8, 4) is 0 Å². The molecule has 0 spiro atoms. The zero-order valence-electron chi connectivity index (χ0n) is 9.80. The first kappa shape index (κ1) is 14.1. The number of carboxylic acids is 1. The van der Waals surface area contributed by atoms with Gasteiger partial charge in [0, 0.05) is 24.9 Å². The minimum Gasteiger partial charge on any atom is -0.480 e. The molecule has 0 radical (unpaired) electrons. The number of carbonyl (C=O) groups is 2. The highest BCUT2D eigenvalue weighted by Crippen LogP contribution is 1.96. The Morgan fingerprint density at radius 3 is 2.72 bits per heavy atom. The van der Waals surface area contributed by atoms with Crippen molar-refractivity contribution in [2.24, 2.45) is 11.5 Å². The van der Waals surface area contributed by atoms with Crippen molar-refractivity contribution in [2.45, 2.75) is 24.9 Å². The Balaban J connectivity index is 2.26. The molecular formula is C10H17N5O3. The lowest BCUT2D eigenvalue weighted by atomic mass is 10.1. The van der Waals surface area contributed by atoms with Crippen LogP contribution in [0.4, 0.5) is 0 Å². The molecule has 1 aromatic heterocycles. The Hall–Kier alpha value is -1.93. The number of hydrogen-bond donors (Lipinski definition) is 5. The summed E-state index contributed by atoms with van der Waals surface area (Å²) in [4.78, 5) is 28.7. The van der Waals surface area contributed by atoms with Crippen LogP contribution in [-0.4, -0.2) is 45.6 Å². The molecule has 1 amide bonds. The van der Waals surface area contributed by atoms with Crippen molar-refractivity contribution < 1.29 is 14.7 Å². The van der Waals surface area contributed by atoms with E-state index in [-0.39, 0.29) is 18.9 Å². The van der Waals surface area contributed by atoms with E-state index in [1.165, 1.54) is 6.33 Å². The first-order valence-corrected chi connectivity index (χ1v) is 5.49. The molecule has 7 N–H and O–H groups in total. The van der Waals surface area contributed by atoms with Gasteiger partial charge in [-0.05, 0) is 6.42 Å². The lowest BCUT2D eigenvalue weighted by Crippen LogP contribution is -2.44. The summed E-state index contributed by atoms with van der Waals surface area (Å²) in [5.74, 6) is -1.44. The molecule has 1 heterocycles. The summed E-state index contributed by atoms with van der Waals surface area (Å²) in [5.41, 5.74) is 11.7. The van der Waals surface area contributed by atoms with Crippen molar-refractivity contribution in [1.82, 2.24) is 15.3 Å². The Morgan fingerprint density at radius 1 is 1.44 bits per heavy atom. The van der Waals surface area contributed by atoms with E-state index in [9.17, 15) is 9.59 Å². The standard InChI is InChI=1S/C10H17N5O3/c11-7(10(17)18)1-2-14-9(16)8(12)3-6-4-13-5-15-6/h4-5,7-8H,1-3,11-12H2,(H,13,15)(H,14,16)(H,17,18). The number of carboxylic acid groups (broad SMARTS) is 1. The maximum atomic E-state index is 11.6. The normalized spacial score (nSPS) is 13.9. The molecule has 2 unspecified atom stereocenters. The second-order valence-electron chi connectivity index (χ2n) is 3.91. The molecule has 0 saturated carbocycles. The van der Waals surface area contributed by atoms with Crippen molar-refractivity contribution >= 4 is 11.9 Å². The summed E-state index contributed by atoms with van der Waals surface area (Å²) in [5, 5.41) is 11.1. The van der Waals surface area contributed by atoms with Gasteiger partial charge < -0.3 is 26.9 Å². The molecule has 0 saturated heterocycles. The summed E-state index contributed by atoms with van der Waals surface area (Å²) < 4.78 is 0. The van der Waals surface area contributed by atoms with Gasteiger partial charge in [-0.1, -0.05) is 0 Å². The maximum Gasteiger partial charge on any atom is 0.320 e. The maximum absolute atomic E-state index is 11.6. The van der Waals surface area contributed by atoms with Gasteiger partial charge in [0.1, 0.15) is 6.04 Å². The number of imidazole rings is 1. The van der Waals surface area contributed by atoms with Crippen LogP contribution in [-0.2, 0) is 16.0 Å². The molecule has 2 atom stereocenters. The number of carbonyl (C=O) groups excluding carboxylic acids is 1. The lowest BCUT2D eigenvalue weighted by molar-refractivity contribution is -0.138. The first-order chi connectivity index (χ1) is 8.50. The third-order valence-electron chi connectivity index (χ3n) is 2.40. The van der Waals surface area contributed by atoms with Gasteiger partial charge in [-0.2, -0.15) is 0 Å². The van der Waals surface area contributed by atoms with Gasteiger partial charge in [-0.25, -0.2) is 4.98 Å². The van der Waals surface area contributed by atoms with Gasteiger partial charge in [0.25, 0.3) is 0 Å². The van der Waals surface area contributed by atoms with Gasteiger partial charge in [-0.3, -0.25) is 9.59 Å². The molecule has 0 aliphatic heterocycles. The van der Waals surface area contributed by atoms with Crippen LogP contribution in [0.3, 0.4) is 0 Å². The molecule has 100 valence electrons. The second kappa shape index (κ2) is 6.72. The highest BCUT2D eigenvalue weighted by atomic mass is 16.4. The van der Waals surface area contributed by atoms with Gasteiger partial charge in [-0.15, -0.1) is 0 Å². The molecule has 8 nitrogen and oxygen atoms in total. The number of rotatable bonds is 7. The number of aromatic nitrogens is 2. The van der Waals surface area contributed by atoms with E-state index >= 15 is 0 Å². The van der Waals surface area contributed by atoms with E-state index in [4.69, 9.17) is 16.6 Å². The van der Waals surface area contributed by atoms with Crippen LogP contribution in [0.25, 0.3) is 0 Å². The topological polar surface area (TPSA) is 147 Å². The van der Waals surface area contributed by atoms with E-state index in [0.717, 1.165) is 5.69 Å². The van der Waals surface area contributed by atoms with Crippen molar-refractivity contribution in [2.75, 3.05) is 6.54 Å². The molecule has 0 bridgehead atoms. The minimum atomic E-state index is -1.09. The smallest absolute Gasteiger partial charge is 0.320 e. The van der Waals surface area contributed by atoms with Crippen LogP contribution >= 0.6 is 0 Å². The predicted octanol–water partition coefficient (Wildman–Crippen LogP) is -1.80. The quantitative estimate of drug-likeness (QED) is 0.388. The monoisotopic (exact) mass is 255 g/mol. The first-order valence-electron chi connectivity index (χ1n) is 5.49. The SMILES string of the molecule is NC(CCNC(=O)C(N)Cc1cnc[nH]1)C(=O)O. The number of H-pyrrole nitrogens is 1. The Bertz CT molecular complexity index is 392. The van der Waals surface area contributed by atoms with E-state index in [0.29, 0.717) is 6.42 Å². The van der Waals surface area contributed by atoms with Crippen LogP contribution in [0.5, 0.6) is 0 Å².